The molecule has 8 nitrogen and oxygen atoms in total. The number of halogens is 3. The van der Waals surface area contributed by atoms with Crippen LogP contribution in [0.2, 0.25) is 0 Å². The SMILES string of the molecule is CN1C(=O)N(c2ccc(C#N)c(C(F)(F)F)c2)C(=O)C1c1ccc(OC(=O)OC(C)(C)C)cc1. The number of anilines is 1. The smallest absolute Gasteiger partial charge is 0.428 e. The molecular formula is C23H20F3N3O5. The van der Waals surface area contributed by atoms with Crippen LogP contribution in [-0.2, 0) is 15.7 Å². The number of imide groups is 1. The van der Waals surface area contributed by atoms with Crippen LogP contribution in [0.1, 0.15) is 43.5 Å². The van der Waals surface area contributed by atoms with Gasteiger partial charge in [-0.1, -0.05) is 12.1 Å². The number of carbonyl (C=O) groups is 3. The quantitative estimate of drug-likeness (QED) is 0.351. The Hall–Kier alpha value is -4.07. The predicted molar refractivity (Wildman–Crippen MR) is 113 cm³/mol. The number of benzene rings is 2. The molecular weight excluding hydrogens is 455 g/mol. The second-order valence-electron chi connectivity index (χ2n) is 8.44. The third-order valence-corrected chi connectivity index (χ3v) is 4.81. The highest BCUT2D eigenvalue weighted by Gasteiger charge is 2.45. The van der Waals surface area contributed by atoms with Crippen LogP contribution in [0.4, 0.5) is 28.4 Å². The van der Waals surface area contributed by atoms with E-state index in [1.54, 1.807) is 20.8 Å². The van der Waals surface area contributed by atoms with Gasteiger partial charge in [0.1, 0.15) is 17.4 Å². The van der Waals surface area contributed by atoms with Crippen LogP contribution < -0.4 is 9.64 Å². The normalized spacial score (nSPS) is 16.5. The number of hydrogen-bond acceptors (Lipinski definition) is 6. The molecule has 0 bridgehead atoms. The van der Waals surface area contributed by atoms with Gasteiger partial charge in [-0.05, 0) is 56.7 Å². The standard InChI is InChI=1S/C23H20F3N3O5/c1-22(2,3)34-21(32)33-16-9-6-13(7-10-16)18-19(30)29(20(31)28(18)4)15-8-5-14(12-27)17(11-15)23(24,25)26/h5-11,18H,1-4H3. The van der Waals surface area contributed by atoms with Crippen molar-refractivity contribution >= 4 is 23.8 Å². The van der Waals surface area contributed by atoms with Crippen molar-refractivity contribution in [2.75, 3.05) is 11.9 Å². The van der Waals surface area contributed by atoms with E-state index in [4.69, 9.17) is 14.7 Å². The number of ether oxygens (including phenoxy) is 2. The van der Waals surface area contributed by atoms with Gasteiger partial charge in [-0.3, -0.25) is 4.79 Å². The van der Waals surface area contributed by atoms with Gasteiger partial charge in [-0.15, -0.1) is 0 Å². The number of carbonyl (C=O) groups excluding carboxylic acids is 3. The average molecular weight is 475 g/mol. The van der Waals surface area contributed by atoms with E-state index in [1.165, 1.54) is 37.4 Å². The number of hydrogen-bond donors (Lipinski definition) is 0. The zero-order valence-electron chi connectivity index (χ0n) is 18.6. The zero-order valence-corrected chi connectivity index (χ0v) is 18.6. The van der Waals surface area contributed by atoms with Crippen LogP contribution in [-0.4, -0.2) is 35.6 Å². The van der Waals surface area contributed by atoms with Gasteiger partial charge in [0.05, 0.1) is 22.9 Å². The molecule has 0 aliphatic carbocycles. The summed E-state index contributed by atoms with van der Waals surface area (Å²) in [5.74, 6) is -0.637. The van der Waals surface area contributed by atoms with Crippen LogP contribution in [0.15, 0.2) is 42.5 Å². The molecule has 1 heterocycles. The van der Waals surface area contributed by atoms with Gasteiger partial charge in [-0.2, -0.15) is 18.4 Å². The van der Waals surface area contributed by atoms with Crippen LogP contribution in [0.3, 0.4) is 0 Å². The van der Waals surface area contributed by atoms with Gasteiger partial charge in [0.15, 0.2) is 0 Å². The summed E-state index contributed by atoms with van der Waals surface area (Å²) in [4.78, 5) is 39.3. The minimum absolute atomic E-state index is 0.135. The Bertz CT molecular complexity index is 1180. The van der Waals surface area contributed by atoms with E-state index >= 15 is 0 Å². The highest BCUT2D eigenvalue weighted by Crippen LogP contribution is 2.38. The van der Waals surface area contributed by atoms with Crippen LogP contribution >= 0.6 is 0 Å². The third kappa shape index (κ3) is 4.96. The van der Waals surface area contributed by atoms with Gasteiger partial charge < -0.3 is 14.4 Å². The van der Waals surface area contributed by atoms with E-state index in [-0.39, 0.29) is 11.4 Å². The maximum Gasteiger partial charge on any atom is 0.514 e. The molecule has 1 unspecified atom stereocenters. The number of likely N-dealkylation sites (N-methyl/N-ethyl adjacent to an activating group) is 1. The van der Waals surface area contributed by atoms with Crippen molar-refractivity contribution < 1.29 is 37.0 Å². The van der Waals surface area contributed by atoms with Gasteiger partial charge >= 0.3 is 18.4 Å². The Morgan fingerprint density at radius 1 is 1.06 bits per heavy atom. The van der Waals surface area contributed by atoms with Crippen molar-refractivity contribution in [2.45, 2.75) is 38.6 Å². The lowest BCUT2D eigenvalue weighted by Crippen LogP contribution is -2.31. The fraction of sp³-hybridized carbons (Fsp3) is 0.304. The van der Waals surface area contributed by atoms with Crippen LogP contribution in [0, 0.1) is 11.3 Å². The molecule has 1 atom stereocenters. The fourth-order valence-corrected chi connectivity index (χ4v) is 3.34. The van der Waals surface area contributed by atoms with Gasteiger partial charge in [0, 0.05) is 7.05 Å². The molecule has 1 aliphatic rings. The lowest BCUT2D eigenvalue weighted by Gasteiger charge is -2.19. The molecule has 0 N–H and O–H groups in total. The minimum Gasteiger partial charge on any atom is -0.428 e. The zero-order chi connectivity index (χ0) is 25.4. The molecule has 178 valence electrons. The summed E-state index contributed by atoms with van der Waals surface area (Å²) < 4.78 is 50.1. The number of nitrogens with zero attached hydrogens (tertiary/aromatic N) is 3. The molecule has 3 amide bonds. The summed E-state index contributed by atoms with van der Waals surface area (Å²) in [5.41, 5.74) is -2.58. The highest BCUT2D eigenvalue weighted by molar-refractivity contribution is 6.21. The molecule has 2 aromatic carbocycles. The van der Waals surface area contributed by atoms with E-state index < -0.39 is 47.0 Å². The molecule has 0 aromatic heterocycles. The number of alkyl halides is 3. The first-order chi connectivity index (χ1) is 15.7. The molecule has 34 heavy (non-hydrogen) atoms. The van der Waals surface area contributed by atoms with E-state index in [1.807, 2.05) is 0 Å². The molecule has 3 rings (SSSR count). The summed E-state index contributed by atoms with van der Waals surface area (Å²) in [6.45, 7) is 5.02. The van der Waals surface area contributed by atoms with Gasteiger partial charge in [-0.25, -0.2) is 14.5 Å². The predicted octanol–water partition coefficient (Wildman–Crippen LogP) is 5.03. The highest BCUT2D eigenvalue weighted by atomic mass is 19.4. The number of nitriles is 1. The molecule has 11 heteroatoms. The number of amides is 3. The first-order valence-electron chi connectivity index (χ1n) is 9.96. The van der Waals surface area contributed by atoms with Crippen molar-refractivity contribution in [1.82, 2.24) is 4.90 Å². The third-order valence-electron chi connectivity index (χ3n) is 4.81. The lowest BCUT2D eigenvalue weighted by atomic mass is 10.0. The van der Waals surface area contributed by atoms with Gasteiger partial charge in [0.25, 0.3) is 5.91 Å². The molecule has 2 aromatic rings. The Balaban J connectivity index is 1.87. The second-order valence-corrected chi connectivity index (χ2v) is 8.44. The topological polar surface area (TPSA) is 99.9 Å². The molecule has 1 aliphatic heterocycles. The summed E-state index contributed by atoms with van der Waals surface area (Å²) >= 11 is 0. The molecule has 0 spiro atoms. The van der Waals surface area contributed by atoms with Crippen molar-refractivity contribution in [3.8, 4) is 11.8 Å². The van der Waals surface area contributed by atoms with Crippen LogP contribution in [0.5, 0.6) is 5.75 Å². The minimum atomic E-state index is -4.85. The van der Waals surface area contributed by atoms with E-state index in [2.05, 4.69) is 0 Å². The largest absolute Gasteiger partial charge is 0.514 e. The maximum absolute atomic E-state index is 13.3. The number of urea groups is 1. The lowest BCUT2D eigenvalue weighted by molar-refractivity contribution is -0.137. The summed E-state index contributed by atoms with van der Waals surface area (Å²) in [6, 6.07) is 7.83. The Morgan fingerprint density at radius 3 is 2.21 bits per heavy atom. The molecule has 1 fully saturated rings. The van der Waals surface area contributed by atoms with Crippen molar-refractivity contribution in [3.63, 3.8) is 0 Å². The average Bonchev–Trinajstić information content (AvgIpc) is 2.94. The fourth-order valence-electron chi connectivity index (χ4n) is 3.34. The second kappa shape index (κ2) is 8.70. The van der Waals surface area contributed by atoms with Crippen molar-refractivity contribution in [1.29, 1.82) is 5.26 Å². The molecule has 1 saturated heterocycles. The van der Waals surface area contributed by atoms with Crippen molar-refractivity contribution in [2.24, 2.45) is 0 Å². The van der Waals surface area contributed by atoms with Gasteiger partial charge in [0.2, 0.25) is 0 Å². The summed E-state index contributed by atoms with van der Waals surface area (Å²) in [6.07, 6.45) is -5.76. The Morgan fingerprint density at radius 2 is 1.68 bits per heavy atom. The Kier molecular flexibility index (Phi) is 6.29. The first-order valence-corrected chi connectivity index (χ1v) is 9.96. The van der Waals surface area contributed by atoms with E-state index in [9.17, 15) is 27.6 Å². The monoisotopic (exact) mass is 475 g/mol. The first kappa shape index (κ1) is 24.6. The summed E-state index contributed by atoms with van der Waals surface area (Å²) in [5, 5.41) is 8.96. The Labute approximate surface area is 193 Å². The number of rotatable bonds is 3. The van der Waals surface area contributed by atoms with Crippen LogP contribution in [0.25, 0.3) is 0 Å². The van der Waals surface area contributed by atoms with Crippen molar-refractivity contribution in [3.05, 3.63) is 59.2 Å². The maximum atomic E-state index is 13.3. The van der Waals surface area contributed by atoms with E-state index in [0.29, 0.717) is 16.5 Å². The van der Waals surface area contributed by atoms with E-state index in [0.717, 1.165) is 17.0 Å². The molecule has 0 saturated carbocycles. The summed E-state index contributed by atoms with van der Waals surface area (Å²) in [7, 11) is 1.34. The molecule has 0 radical (unpaired) electrons.